The number of benzene rings is 3. The first-order chi connectivity index (χ1) is 12.1. The molecule has 0 atom stereocenters. The molecule has 5 heteroatoms. The highest BCUT2D eigenvalue weighted by Crippen LogP contribution is 2.29. The topological polar surface area (TPSA) is 61.4 Å². The fraction of sp³-hybridized carbons (Fsp3) is 0.0500. The second-order valence-corrected chi connectivity index (χ2v) is 5.50. The molecule has 4 nitrogen and oxygen atoms in total. The lowest BCUT2D eigenvalue weighted by Crippen LogP contribution is -2.47. The zero-order valence-electron chi connectivity index (χ0n) is 13.3. The minimum Gasteiger partial charge on any atom is -0.372 e. The monoisotopic (exact) mass is 336 g/mol. The van der Waals surface area contributed by atoms with Crippen LogP contribution in [-0.2, 0) is 10.4 Å². The number of hydrogen-bond acceptors (Lipinski definition) is 3. The SMILES string of the molecule is O=C(NNc1ccccc1F)C(O)(c1ccccc1)c1ccccc1. The van der Waals surface area contributed by atoms with Crippen molar-refractivity contribution in [2.45, 2.75) is 5.60 Å². The lowest BCUT2D eigenvalue weighted by Gasteiger charge is -2.28. The van der Waals surface area contributed by atoms with Gasteiger partial charge in [0.15, 0.2) is 5.60 Å². The fourth-order valence-electron chi connectivity index (χ4n) is 2.56. The summed E-state index contributed by atoms with van der Waals surface area (Å²) in [6.07, 6.45) is 0. The smallest absolute Gasteiger partial charge is 0.279 e. The van der Waals surface area contributed by atoms with E-state index in [1.165, 1.54) is 12.1 Å². The van der Waals surface area contributed by atoms with Crippen LogP contribution >= 0.6 is 0 Å². The van der Waals surface area contributed by atoms with Crippen LogP contribution in [0.3, 0.4) is 0 Å². The van der Waals surface area contributed by atoms with Gasteiger partial charge in [-0.3, -0.25) is 15.6 Å². The molecule has 0 heterocycles. The maximum Gasteiger partial charge on any atom is 0.279 e. The molecule has 126 valence electrons. The Balaban J connectivity index is 1.92. The van der Waals surface area contributed by atoms with Gasteiger partial charge in [0.25, 0.3) is 5.91 Å². The van der Waals surface area contributed by atoms with Gasteiger partial charge in [-0.25, -0.2) is 4.39 Å². The summed E-state index contributed by atoms with van der Waals surface area (Å²) in [6.45, 7) is 0. The van der Waals surface area contributed by atoms with Gasteiger partial charge in [0.2, 0.25) is 0 Å². The minimum absolute atomic E-state index is 0.110. The molecule has 0 bridgehead atoms. The Morgan fingerprint density at radius 2 is 1.28 bits per heavy atom. The molecule has 0 unspecified atom stereocenters. The van der Waals surface area contributed by atoms with Crippen LogP contribution in [0.2, 0.25) is 0 Å². The molecule has 0 radical (unpaired) electrons. The molecule has 0 fully saturated rings. The lowest BCUT2D eigenvalue weighted by molar-refractivity contribution is -0.136. The summed E-state index contributed by atoms with van der Waals surface area (Å²) >= 11 is 0. The molecule has 0 aliphatic heterocycles. The number of hydrogen-bond donors (Lipinski definition) is 3. The Morgan fingerprint density at radius 1 is 0.800 bits per heavy atom. The van der Waals surface area contributed by atoms with E-state index >= 15 is 0 Å². The fourth-order valence-corrected chi connectivity index (χ4v) is 2.56. The van der Waals surface area contributed by atoms with Crippen molar-refractivity contribution >= 4 is 11.6 Å². The van der Waals surface area contributed by atoms with Crippen molar-refractivity contribution in [3.63, 3.8) is 0 Å². The van der Waals surface area contributed by atoms with Crippen LogP contribution in [0.15, 0.2) is 84.9 Å². The van der Waals surface area contributed by atoms with Crippen molar-refractivity contribution in [1.82, 2.24) is 5.43 Å². The quantitative estimate of drug-likeness (QED) is 0.627. The van der Waals surface area contributed by atoms with Gasteiger partial charge in [-0.05, 0) is 23.3 Å². The Labute approximate surface area is 144 Å². The van der Waals surface area contributed by atoms with Crippen LogP contribution in [0.25, 0.3) is 0 Å². The molecular weight excluding hydrogens is 319 g/mol. The molecular formula is C20H17FN2O2. The first-order valence-electron chi connectivity index (χ1n) is 7.77. The first kappa shape index (κ1) is 16.7. The van der Waals surface area contributed by atoms with Gasteiger partial charge < -0.3 is 5.11 Å². The summed E-state index contributed by atoms with van der Waals surface area (Å²) in [5.41, 5.74) is 3.94. The summed E-state index contributed by atoms with van der Waals surface area (Å²) in [6, 6.07) is 23.1. The number of carbonyl (C=O) groups excluding carboxylic acids is 1. The average molecular weight is 336 g/mol. The number of aliphatic hydroxyl groups is 1. The summed E-state index contributed by atoms with van der Waals surface area (Å²) in [5, 5.41) is 11.2. The van der Waals surface area contributed by atoms with Crippen LogP contribution in [-0.4, -0.2) is 11.0 Å². The van der Waals surface area contributed by atoms with Crippen LogP contribution < -0.4 is 10.9 Å². The first-order valence-corrected chi connectivity index (χ1v) is 7.77. The van der Waals surface area contributed by atoms with E-state index in [0.29, 0.717) is 11.1 Å². The predicted molar refractivity (Wildman–Crippen MR) is 94.0 cm³/mol. The largest absolute Gasteiger partial charge is 0.372 e. The third-order valence-electron chi connectivity index (χ3n) is 3.90. The van der Waals surface area contributed by atoms with E-state index in [4.69, 9.17) is 0 Å². The molecule has 3 aromatic carbocycles. The molecule has 0 aromatic heterocycles. The third kappa shape index (κ3) is 3.36. The van der Waals surface area contributed by atoms with E-state index in [1.807, 2.05) is 0 Å². The maximum atomic E-state index is 13.7. The number of nitrogens with one attached hydrogen (secondary N) is 2. The molecule has 0 saturated carbocycles. The molecule has 0 saturated heterocycles. The number of carbonyl (C=O) groups is 1. The Bertz CT molecular complexity index is 814. The molecule has 1 amide bonds. The van der Waals surface area contributed by atoms with Crippen molar-refractivity contribution in [3.8, 4) is 0 Å². The number of anilines is 1. The summed E-state index contributed by atoms with van der Waals surface area (Å²) in [5.74, 6) is -1.22. The van der Waals surface area contributed by atoms with Crippen molar-refractivity contribution in [2.24, 2.45) is 0 Å². The molecule has 3 rings (SSSR count). The highest BCUT2D eigenvalue weighted by Gasteiger charge is 2.39. The predicted octanol–water partition coefficient (Wildman–Crippen LogP) is 3.20. The zero-order chi connectivity index (χ0) is 17.7. The van der Waals surface area contributed by atoms with Gasteiger partial charge in [0.1, 0.15) is 5.82 Å². The van der Waals surface area contributed by atoms with Crippen LogP contribution in [0, 0.1) is 5.82 Å². The van der Waals surface area contributed by atoms with Gasteiger partial charge in [-0.1, -0.05) is 72.8 Å². The molecule has 3 aromatic rings. The van der Waals surface area contributed by atoms with Gasteiger partial charge in [-0.15, -0.1) is 0 Å². The zero-order valence-corrected chi connectivity index (χ0v) is 13.3. The second kappa shape index (κ2) is 7.15. The second-order valence-electron chi connectivity index (χ2n) is 5.50. The van der Waals surface area contributed by atoms with E-state index in [9.17, 15) is 14.3 Å². The van der Waals surface area contributed by atoms with Crippen LogP contribution in [0.1, 0.15) is 11.1 Å². The number of amides is 1. The summed E-state index contributed by atoms with van der Waals surface area (Å²) < 4.78 is 13.7. The molecule has 25 heavy (non-hydrogen) atoms. The Morgan fingerprint density at radius 3 is 1.80 bits per heavy atom. The maximum absolute atomic E-state index is 13.7. The summed E-state index contributed by atoms with van der Waals surface area (Å²) in [7, 11) is 0. The van der Waals surface area contributed by atoms with Gasteiger partial charge in [-0.2, -0.15) is 0 Å². The normalized spacial score (nSPS) is 11.0. The Kier molecular flexibility index (Phi) is 4.77. The molecule has 0 aliphatic carbocycles. The molecule has 0 aliphatic rings. The number of rotatable bonds is 5. The summed E-state index contributed by atoms with van der Waals surface area (Å²) in [4.78, 5) is 12.8. The van der Waals surface area contributed by atoms with Crippen LogP contribution in [0.4, 0.5) is 10.1 Å². The van der Waals surface area contributed by atoms with Gasteiger partial charge in [0, 0.05) is 0 Å². The number of para-hydroxylation sites is 1. The van der Waals surface area contributed by atoms with E-state index in [2.05, 4.69) is 10.9 Å². The standard InChI is InChI=1S/C20H17FN2O2/c21-17-13-7-8-14-18(17)22-23-19(24)20(25,15-9-3-1-4-10-15)16-11-5-2-6-12-16/h1-14,22,25H,(H,23,24). The van der Waals surface area contributed by atoms with Crippen molar-refractivity contribution in [2.75, 3.05) is 5.43 Å². The Hall–Kier alpha value is -3.18. The lowest BCUT2D eigenvalue weighted by atomic mass is 9.85. The van der Waals surface area contributed by atoms with E-state index in [1.54, 1.807) is 72.8 Å². The third-order valence-corrected chi connectivity index (χ3v) is 3.90. The van der Waals surface area contributed by atoms with Gasteiger partial charge >= 0.3 is 0 Å². The number of halogens is 1. The average Bonchev–Trinajstić information content (AvgIpc) is 2.68. The highest BCUT2D eigenvalue weighted by atomic mass is 19.1. The van der Waals surface area contributed by atoms with E-state index in [0.717, 1.165) is 0 Å². The van der Waals surface area contributed by atoms with Gasteiger partial charge in [0.05, 0.1) is 5.69 Å². The van der Waals surface area contributed by atoms with Crippen molar-refractivity contribution < 1.29 is 14.3 Å². The van der Waals surface area contributed by atoms with Crippen LogP contribution in [0.5, 0.6) is 0 Å². The molecule has 0 spiro atoms. The van der Waals surface area contributed by atoms with E-state index < -0.39 is 17.3 Å². The highest BCUT2D eigenvalue weighted by molar-refractivity contribution is 5.90. The van der Waals surface area contributed by atoms with Crippen molar-refractivity contribution in [3.05, 3.63) is 102 Å². The molecule has 3 N–H and O–H groups in total. The number of hydrazine groups is 1. The van der Waals surface area contributed by atoms with E-state index in [-0.39, 0.29) is 5.69 Å². The van der Waals surface area contributed by atoms with Crippen molar-refractivity contribution in [1.29, 1.82) is 0 Å². The minimum atomic E-state index is -1.92.